The molecule has 0 aromatic heterocycles. The molecule has 1 aliphatic heterocycles. The van der Waals surface area contributed by atoms with Gasteiger partial charge in [0.15, 0.2) is 0 Å². The van der Waals surface area contributed by atoms with E-state index < -0.39 is 0 Å². The van der Waals surface area contributed by atoms with E-state index in [4.69, 9.17) is 0 Å². The van der Waals surface area contributed by atoms with Gasteiger partial charge in [-0.25, -0.2) is 0 Å². The Morgan fingerprint density at radius 3 is 2.67 bits per heavy atom. The van der Waals surface area contributed by atoms with E-state index in [-0.39, 0.29) is 5.91 Å². The van der Waals surface area contributed by atoms with Gasteiger partial charge < -0.3 is 10.2 Å². The number of para-hydroxylation sites is 1. The second-order valence-electron chi connectivity index (χ2n) is 4.16. The Kier molecular flexibility index (Phi) is 2.62. The number of rotatable bonds is 2. The van der Waals surface area contributed by atoms with Crippen LogP contribution in [-0.4, -0.2) is 26.5 Å². The van der Waals surface area contributed by atoms with E-state index in [2.05, 4.69) is 22.3 Å². The predicted molar refractivity (Wildman–Crippen MR) is 61.1 cm³/mol. The van der Waals surface area contributed by atoms with Gasteiger partial charge >= 0.3 is 0 Å². The van der Waals surface area contributed by atoms with Crippen LogP contribution < -0.4 is 10.2 Å². The molecule has 1 saturated heterocycles. The molecule has 0 bridgehead atoms. The molecule has 1 aromatic rings. The highest BCUT2D eigenvalue weighted by atomic mass is 16.1. The normalized spacial score (nSPS) is 20.1. The Bertz CT molecular complexity index is 374. The van der Waals surface area contributed by atoms with E-state index in [1.54, 1.807) is 0 Å². The van der Waals surface area contributed by atoms with Crippen molar-refractivity contribution >= 4 is 11.6 Å². The third-order valence-electron chi connectivity index (χ3n) is 2.84. The summed E-state index contributed by atoms with van der Waals surface area (Å²) in [6.07, 6.45) is 0.616. The fourth-order valence-electron chi connectivity index (χ4n) is 2.07. The van der Waals surface area contributed by atoms with Crippen molar-refractivity contribution in [1.82, 2.24) is 5.32 Å². The zero-order chi connectivity index (χ0) is 10.8. The Labute approximate surface area is 90.1 Å². The first kappa shape index (κ1) is 10.0. The quantitative estimate of drug-likeness (QED) is 0.788. The van der Waals surface area contributed by atoms with Crippen molar-refractivity contribution in [3.8, 4) is 0 Å². The third-order valence-corrected chi connectivity index (χ3v) is 2.84. The summed E-state index contributed by atoms with van der Waals surface area (Å²) in [6.45, 7) is 0.768. The van der Waals surface area contributed by atoms with Gasteiger partial charge in [0.2, 0.25) is 5.91 Å². The number of nitrogens with zero attached hydrogens (tertiary/aromatic N) is 1. The molecule has 3 heteroatoms. The van der Waals surface area contributed by atoms with Gasteiger partial charge in [-0.15, -0.1) is 0 Å². The average Bonchev–Trinajstić information content (AvgIpc) is 2.65. The molecule has 0 spiro atoms. The monoisotopic (exact) mass is 204 g/mol. The van der Waals surface area contributed by atoms with Crippen LogP contribution >= 0.6 is 0 Å². The minimum atomic E-state index is 0.161. The number of anilines is 1. The Balaban J connectivity index is 2.31. The van der Waals surface area contributed by atoms with Crippen molar-refractivity contribution in [2.45, 2.75) is 12.3 Å². The van der Waals surface area contributed by atoms with E-state index in [0.29, 0.717) is 12.3 Å². The molecule has 1 heterocycles. The third kappa shape index (κ3) is 1.96. The van der Waals surface area contributed by atoms with E-state index in [9.17, 15) is 4.79 Å². The lowest BCUT2D eigenvalue weighted by atomic mass is 9.96. The SMILES string of the molecule is CN(C)c1ccccc1C1CNC(=O)C1. The Morgan fingerprint density at radius 2 is 2.07 bits per heavy atom. The van der Waals surface area contributed by atoms with Crippen LogP contribution in [0.2, 0.25) is 0 Å². The molecule has 1 aliphatic rings. The molecule has 1 unspecified atom stereocenters. The molecule has 1 fully saturated rings. The number of hydrogen-bond donors (Lipinski definition) is 1. The molecule has 1 aromatic carbocycles. The van der Waals surface area contributed by atoms with Crippen LogP contribution in [-0.2, 0) is 4.79 Å². The van der Waals surface area contributed by atoms with E-state index in [1.807, 2.05) is 26.2 Å². The lowest BCUT2D eigenvalue weighted by molar-refractivity contribution is -0.119. The van der Waals surface area contributed by atoms with E-state index >= 15 is 0 Å². The molecule has 1 N–H and O–H groups in total. The van der Waals surface area contributed by atoms with Crippen LogP contribution in [0.3, 0.4) is 0 Å². The highest BCUT2D eigenvalue weighted by Crippen LogP contribution is 2.30. The largest absolute Gasteiger partial charge is 0.377 e. The smallest absolute Gasteiger partial charge is 0.220 e. The first-order chi connectivity index (χ1) is 7.18. The lowest BCUT2D eigenvalue weighted by Gasteiger charge is -2.20. The van der Waals surface area contributed by atoms with Crippen molar-refractivity contribution in [2.75, 3.05) is 25.5 Å². The first-order valence-electron chi connectivity index (χ1n) is 5.21. The molecule has 3 nitrogen and oxygen atoms in total. The summed E-state index contributed by atoms with van der Waals surface area (Å²) in [4.78, 5) is 13.3. The molecule has 0 radical (unpaired) electrons. The van der Waals surface area contributed by atoms with Crippen LogP contribution in [0.4, 0.5) is 5.69 Å². The van der Waals surface area contributed by atoms with Gasteiger partial charge in [-0.3, -0.25) is 4.79 Å². The lowest BCUT2D eigenvalue weighted by Crippen LogP contribution is -2.15. The van der Waals surface area contributed by atoms with Crippen molar-refractivity contribution in [3.63, 3.8) is 0 Å². The number of nitrogens with one attached hydrogen (secondary N) is 1. The zero-order valence-corrected chi connectivity index (χ0v) is 9.16. The van der Waals surface area contributed by atoms with Gasteiger partial charge in [0, 0.05) is 38.7 Å². The Hall–Kier alpha value is -1.51. The molecule has 2 rings (SSSR count). The highest BCUT2D eigenvalue weighted by molar-refractivity contribution is 5.80. The maximum atomic E-state index is 11.2. The zero-order valence-electron chi connectivity index (χ0n) is 9.16. The van der Waals surface area contributed by atoms with Gasteiger partial charge in [0.1, 0.15) is 0 Å². The second-order valence-corrected chi connectivity index (χ2v) is 4.16. The summed E-state index contributed by atoms with van der Waals surface area (Å²) < 4.78 is 0. The first-order valence-corrected chi connectivity index (χ1v) is 5.21. The molecule has 1 atom stereocenters. The summed E-state index contributed by atoms with van der Waals surface area (Å²) in [5, 5.41) is 2.88. The summed E-state index contributed by atoms with van der Waals surface area (Å²) in [6, 6.07) is 8.27. The number of benzene rings is 1. The molecule has 0 aliphatic carbocycles. The number of carbonyl (C=O) groups is 1. The highest BCUT2D eigenvalue weighted by Gasteiger charge is 2.25. The summed E-state index contributed by atoms with van der Waals surface area (Å²) in [7, 11) is 4.06. The van der Waals surface area contributed by atoms with Crippen LogP contribution in [0.1, 0.15) is 17.9 Å². The minimum Gasteiger partial charge on any atom is -0.377 e. The number of hydrogen-bond acceptors (Lipinski definition) is 2. The van der Waals surface area contributed by atoms with E-state index in [0.717, 1.165) is 6.54 Å². The Morgan fingerprint density at radius 1 is 1.33 bits per heavy atom. The van der Waals surface area contributed by atoms with Gasteiger partial charge in [-0.05, 0) is 11.6 Å². The number of carbonyl (C=O) groups excluding carboxylic acids is 1. The van der Waals surface area contributed by atoms with Crippen LogP contribution in [0.25, 0.3) is 0 Å². The van der Waals surface area contributed by atoms with Crippen LogP contribution in [0.15, 0.2) is 24.3 Å². The van der Waals surface area contributed by atoms with Crippen molar-refractivity contribution < 1.29 is 4.79 Å². The summed E-state index contributed by atoms with van der Waals surface area (Å²) in [5.74, 6) is 0.490. The van der Waals surface area contributed by atoms with Gasteiger partial charge in [-0.2, -0.15) is 0 Å². The molecule has 80 valence electrons. The van der Waals surface area contributed by atoms with E-state index in [1.165, 1.54) is 11.3 Å². The summed E-state index contributed by atoms with van der Waals surface area (Å²) >= 11 is 0. The maximum absolute atomic E-state index is 11.2. The molecule has 15 heavy (non-hydrogen) atoms. The van der Waals surface area contributed by atoms with Crippen molar-refractivity contribution in [2.24, 2.45) is 0 Å². The van der Waals surface area contributed by atoms with Crippen LogP contribution in [0, 0.1) is 0 Å². The minimum absolute atomic E-state index is 0.161. The second kappa shape index (κ2) is 3.93. The predicted octanol–water partition coefficient (Wildman–Crippen LogP) is 1.36. The fourth-order valence-corrected chi connectivity index (χ4v) is 2.07. The van der Waals surface area contributed by atoms with Gasteiger partial charge in [0.25, 0.3) is 0 Å². The summed E-state index contributed by atoms with van der Waals surface area (Å²) in [5.41, 5.74) is 2.47. The standard InChI is InChI=1S/C12H16N2O/c1-14(2)11-6-4-3-5-10(11)9-7-12(15)13-8-9/h3-6,9H,7-8H2,1-2H3,(H,13,15). The topological polar surface area (TPSA) is 32.3 Å². The molecular formula is C12H16N2O. The fraction of sp³-hybridized carbons (Fsp3) is 0.417. The molecule has 0 saturated carbocycles. The van der Waals surface area contributed by atoms with Gasteiger partial charge in [0.05, 0.1) is 0 Å². The van der Waals surface area contributed by atoms with Crippen LogP contribution in [0.5, 0.6) is 0 Å². The maximum Gasteiger partial charge on any atom is 0.220 e. The molecule has 1 amide bonds. The van der Waals surface area contributed by atoms with Gasteiger partial charge in [-0.1, -0.05) is 18.2 Å². The molecular weight excluding hydrogens is 188 g/mol. The number of amides is 1. The average molecular weight is 204 g/mol. The van der Waals surface area contributed by atoms with Crippen molar-refractivity contribution in [1.29, 1.82) is 0 Å². The van der Waals surface area contributed by atoms with Crippen molar-refractivity contribution in [3.05, 3.63) is 29.8 Å².